The smallest absolute Gasteiger partial charge is 0.335 e. The van der Waals surface area contributed by atoms with Crippen LogP contribution in [0.15, 0.2) is 24.4 Å². The summed E-state index contributed by atoms with van der Waals surface area (Å²) >= 11 is 0. The Hall–Kier alpha value is -2.34. The van der Waals surface area contributed by atoms with Crippen molar-refractivity contribution in [1.29, 1.82) is 0 Å². The molecule has 112 valence electrons. The highest BCUT2D eigenvalue weighted by molar-refractivity contribution is 5.89. The summed E-state index contributed by atoms with van der Waals surface area (Å²) in [6.07, 6.45) is 1.91. The van der Waals surface area contributed by atoms with Gasteiger partial charge in [0.15, 0.2) is 0 Å². The molecule has 1 aromatic heterocycles. The van der Waals surface area contributed by atoms with E-state index in [0.29, 0.717) is 24.5 Å². The zero-order valence-electron chi connectivity index (χ0n) is 12.4. The van der Waals surface area contributed by atoms with Crippen LogP contribution < -0.4 is 10.1 Å². The van der Waals surface area contributed by atoms with Crippen LogP contribution >= 0.6 is 0 Å². The van der Waals surface area contributed by atoms with Crippen LogP contribution in [0, 0.1) is 6.92 Å². The number of nitrogens with zero attached hydrogens (tertiary/aromatic N) is 2. The Kier molecular flexibility index (Phi) is 4.59. The molecule has 6 nitrogen and oxygen atoms in total. The molecule has 0 bridgehead atoms. The molecule has 0 saturated heterocycles. The minimum absolute atomic E-state index is 0.340. The highest BCUT2D eigenvalue weighted by Crippen LogP contribution is 2.15. The van der Waals surface area contributed by atoms with E-state index in [2.05, 4.69) is 10.4 Å². The highest BCUT2D eigenvalue weighted by Gasteiger charge is 2.09. The Labute approximate surface area is 123 Å². The van der Waals surface area contributed by atoms with Gasteiger partial charge in [-0.3, -0.25) is 4.68 Å². The predicted octanol–water partition coefficient (Wildman–Crippen LogP) is 1.73. The van der Waals surface area contributed by atoms with E-state index in [0.717, 1.165) is 16.7 Å². The molecule has 0 aliphatic carbocycles. The molecule has 0 unspecified atom stereocenters. The number of nitrogens with one attached hydrogen (secondary N) is 1. The molecular weight excluding hydrogens is 270 g/mol. The van der Waals surface area contributed by atoms with Crippen molar-refractivity contribution in [3.05, 3.63) is 46.6 Å². The van der Waals surface area contributed by atoms with Gasteiger partial charge in [0.1, 0.15) is 0 Å². The summed E-state index contributed by atoms with van der Waals surface area (Å²) in [5.41, 5.74) is 3.13. The van der Waals surface area contributed by atoms with Gasteiger partial charge in [-0.2, -0.15) is 0 Å². The summed E-state index contributed by atoms with van der Waals surface area (Å²) in [6.45, 7) is 3.09. The SMILES string of the molecule is COc1nn(C)cc1CNCc1ccc(C(=O)O)c(C)c1. The number of rotatable bonds is 6. The molecule has 21 heavy (non-hydrogen) atoms. The molecule has 0 radical (unpaired) electrons. The van der Waals surface area contributed by atoms with E-state index in [1.165, 1.54) is 0 Å². The van der Waals surface area contributed by atoms with Crippen LogP contribution in [0.2, 0.25) is 0 Å². The average molecular weight is 289 g/mol. The lowest BCUT2D eigenvalue weighted by molar-refractivity contribution is 0.0696. The van der Waals surface area contributed by atoms with Crippen LogP contribution in [0.5, 0.6) is 5.88 Å². The summed E-state index contributed by atoms with van der Waals surface area (Å²) < 4.78 is 6.90. The molecule has 2 N–H and O–H groups in total. The van der Waals surface area contributed by atoms with Crippen LogP contribution in [-0.2, 0) is 20.1 Å². The fourth-order valence-corrected chi connectivity index (χ4v) is 2.23. The molecule has 1 heterocycles. The molecule has 0 spiro atoms. The standard InChI is InChI=1S/C15H19N3O3/c1-10-6-11(4-5-13(10)15(19)20)7-16-8-12-9-18(2)17-14(12)21-3/h4-6,9,16H,7-8H2,1-3H3,(H,19,20). The number of carbonyl (C=O) groups is 1. The first-order valence-corrected chi connectivity index (χ1v) is 6.61. The van der Waals surface area contributed by atoms with Gasteiger partial charge in [-0.25, -0.2) is 4.79 Å². The number of carboxylic acid groups (broad SMARTS) is 1. The summed E-state index contributed by atoms with van der Waals surface area (Å²) in [6, 6.07) is 5.35. The normalized spacial score (nSPS) is 10.6. The van der Waals surface area contributed by atoms with Gasteiger partial charge in [0, 0.05) is 31.9 Å². The molecule has 2 rings (SSSR count). The lowest BCUT2D eigenvalue weighted by atomic mass is 10.1. The van der Waals surface area contributed by atoms with Gasteiger partial charge in [-0.1, -0.05) is 12.1 Å². The van der Waals surface area contributed by atoms with E-state index in [9.17, 15) is 4.79 Å². The second-order valence-electron chi connectivity index (χ2n) is 4.90. The third kappa shape index (κ3) is 3.61. The first kappa shape index (κ1) is 15.1. The maximum atomic E-state index is 11.0. The number of aryl methyl sites for hydroxylation is 2. The number of ether oxygens (including phenoxy) is 1. The lowest BCUT2D eigenvalue weighted by Gasteiger charge is -2.07. The number of hydrogen-bond donors (Lipinski definition) is 2. The third-order valence-corrected chi connectivity index (χ3v) is 3.23. The number of hydrogen-bond acceptors (Lipinski definition) is 4. The zero-order valence-corrected chi connectivity index (χ0v) is 12.4. The van der Waals surface area contributed by atoms with Crippen molar-refractivity contribution in [1.82, 2.24) is 15.1 Å². The van der Waals surface area contributed by atoms with Gasteiger partial charge < -0.3 is 15.2 Å². The second-order valence-corrected chi connectivity index (χ2v) is 4.90. The fourth-order valence-electron chi connectivity index (χ4n) is 2.23. The number of aromatic carboxylic acids is 1. The molecule has 0 fully saturated rings. The Bertz CT molecular complexity index is 650. The second kappa shape index (κ2) is 6.41. The number of aromatic nitrogens is 2. The molecule has 2 aromatic rings. The Morgan fingerprint density at radius 3 is 2.81 bits per heavy atom. The van der Waals surface area contributed by atoms with Crippen LogP contribution in [0.1, 0.15) is 27.0 Å². The monoisotopic (exact) mass is 289 g/mol. The first-order valence-electron chi connectivity index (χ1n) is 6.61. The van der Waals surface area contributed by atoms with Crippen LogP contribution in [-0.4, -0.2) is 28.0 Å². The van der Waals surface area contributed by atoms with Crippen LogP contribution in [0.25, 0.3) is 0 Å². The quantitative estimate of drug-likeness (QED) is 0.847. The van der Waals surface area contributed by atoms with Crippen LogP contribution in [0.4, 0.5) is 0 Å². The molecule has 0 aliphatic rings. The van der Waals surface area contributed by atoms with Gasteiger partial charge in [0.05, 0.1) is 12.7 Å². The highest BCUT2D eigenvalue weighted by atomic mass is 16.5. The summed E-state index contributed by atoms with van der Waals surface area (Å²) in [7, 11) is 3.44. The minimum atomic E-state index is -0.896. The van der Waals surface area contributed by atoms with Gasteiger partial charge in [0.2, 0.25) is 5.88 Å². The molecule has 1 aromatic carbocycles. The van der Waals surface area contributed by atoms with E-state index in [1.54, 1.807) is 24.8 Å². The average Bonchev–Trinajstić information content (AvgIpc) is 2.78. The predicted molar refractivity (Wildman–Crippen MR) is 78.4 cm³/mol. The van der Waals surface area contributed by atoms with Crippen molar-refractivity contribution < 1.29 is 14.6 Å². The maximum Gasteiger partial charge on any atom is 0.335 e. The van der Waals surface area contributed by atoms with Crippen molar-refractivity contribution in [3.63, 3.8) is 0 Å². The van der Waals surface area contributed by atoms with Gasteiger partial charge in [-0.15, -0.1) is 5.10 Å². The molecule has 0 saturated carbocycles. The number of benzene rings is 1. The molecular formula is C15H19N3O3. The molecule has 6 heteroatoms. The lowest BCUT2D eigenvalue weighted by Crippen LogP contribution is -2.13. The summed E-state index contributed by atoms with van der Waals surface area (Å²) in [4.78, 5) is 11.0. The van der Waals surface area contributed by atoms with E-state index in [4.69, 9.17) is 9.84 Å². The van der Waals surface area contributed by atoms with Gasteiger partial charge in [0.25, 0.3) is 0 Å². The molecule has 0 amide bonds. The summed E-state index contributed by atoms with van der Waals surface area (Å²) in [5.74, 6) is -0.283. The van der Waals surface area contributed by atoms with E-state index < -0.39 is 5.97 Å². The third-order valence-electron chi connectivity index (χ3n) is 3.23. The number of carboxylic acids is 1. The van der Waals surface area contributed by atoms with Crippen molar-refractivity contribution >= 4 is 5.97 Å². The van der Waals surface area contributed by atoms with Crippen molar-refractivity contribution in [2.24, 2.45) is 7.05 Å². The van der Waals surface area contributed by atoms with E-state index in [-0.39, 0.29) is 0 Å². The number of methoxy groups -OCH3 is 1. The van der Waals surface area contributed by atoms with Crippen LogP contribution in [0.3, 0.4) is 0 Å². The Morgan fingerprint density at radius 1 is 1.43 bits per heavy atom. The minimum Gasteiger partial charge on any atom is -0.480 e. The molecule has 0 atom stereocenters. The summed E-state index contributed by atoms with van der Waals surface area (Å²) in [5, 5.41) is 16.5. The van der Waals surface area contributed by atoms with E-state index in [1.807, 2.05) is 25.4 Å². The van der Waals surface area contributed by atoms with Crippen molar-refractivity contribution in [2.45, 2.75) is 20.0 Å². The van der Waals surface area contributed by atoms with Gasteiger partial charge in [-0.05, 0) is 24.1 Å². The first-order chi connectivity index (χ1) is 10.0. The Morgan fingerprint density at radius 2 is 2.19 bits per heavy atom. The Balaban J connectivity index is 1.97. The van der Waals surface area contributed by atoms with E-state index >= 15 is 0 Å². The zero-order chi connectivity index (χ0) is 15.4. The van der Waals surface area contributed by atoms with Crippen molar-refractivity contribution in [3.8, 4) is 5.88 Å². The van der Waals surface area contributed by atoms with Gasteiger partial charge >= 0.3 is 5.97 Å². The largest absolute Gasteiger partial charge is 0.480 e. The topological polar surface area (TPSA) is 76.4 Å². The van der Waals surface area contributed by atoms with Crippen molar-refractivity contribution in [2.75, 3.05) is 7.11 Å². The maximum absolute atomic E-state index is 11.0. The molecule has 0 aliphatic heterocycles. The fraction of sp³-hybridized carbons (Fsp3) is 0.333.